The molecule has 26 heavy (non-hydrogen) atoms. The fourth-order valence-electron chi connectivity index (χ4n) is 4.22. The van der Waals surface area contributed by atoms with E-state index in [1.165, 1.54) is 17.5 Å². The lowest BCUT2D eigenvalue weighted by atomic mass is 9.95. The number of aryl methyl sites for hydroxylation is 1. The van der Waals surface area contributed by atoms with Crippen molar-refractivity contribution < 1.29 is 14.6 Å². The van der Waals surface area contributed by atoms with Crippen LogP contribution >= 0.6 is 0 Å². The van der Waals surface area contributed by atoms with E-state index in [1.54, 1.807) is 0 Å². The molecule has 2 saturated carbocycles. The summed E-state index contributed by atoms with van der Waals surface area (Å²) < 4.78 is 6.10. The minimum Gasteiger partial charge on any atom is -0.490 e. The van der Waals surface area contributed by atoms with Crippen molar-refractivity contribution in [3.63, 3.8) is 0 Å². The number of carboxylic acid groups (broad SMARTS) is 1. The molecule has 3 nitrogen and oxygen atoms in total. The van der Waals surface area contributed by atoms with E-state index in [1.807, 2.05) is 30.3 Å². The molecule has 3 heteroatoms. The van der Waals surface area contributed by atoms with Crippen LogP contribution in [-0.2, 0) is 11.2 Å². The quantitative estimate of drug-likeness (QED) is 0.759. The van der Waals surface area contributed by atoms with Crippen molar-refractivity contribution in [2.24, 2.45) is 11.8 Å². The predicted octanol–water partition coefficient (Wildman–Crippen LogP) is 5.06. The van der Waals surface area contributed by atoms with Crippen molar-refractivity contribution in [1.29, 1.82) is 0 Å². The third-order valence-electron chi connectivity index (χ3n) is 5.93. The molecule has 4 atom stereocenters. The first-order chi connectivity index (χ1) is 12.7. The van der Waals surface area contributed by atoms with E-state index in [4.69, 9.17) is 9.84 Å². The lowest BCUT2D eigenvalue weighted by Crippen LogP contribution is -2.11. The molecule has 1 N–H and O–H groups in total. The van der Waals surface area contributed by atoms with E-state index >= 15 is 0 Å². The average Bonchev–Trinajstić information content (AvgIpc) is 3.31. The Labute approximate surface area is 155 Å². The molecule has 0 saturated heterocycles. The molecule has 0 aromatic heterocycles. The van der Waals surface area contributed by atoms with Crippen LogP contribution in [0.15, 0.2) is 54.6 Å². The van der Waals surface area contributed by atoms with Crippen LogP contribution in [0.25, 0.3) is 0 Å². The van der Waals surface area contributed by atoms with E-state index in [9.17, 15) is 4.79 Å². The highest BCUT2D eigenvalue weighted by atomic mass is 16.5. The fraction of sp³-hybridized carbons (Fsp3) is 0.435. The van der Waals surface area contributed by atoms with Crippen LogP contribution in [0.1, 0.15) is 49.1 Å². The van der Waals surface area contributed by atoms with Gasteiger partial charge < -0.3 is 9.84 Å². The summed E-state index contributed by atoms with van der Waals surface area (Å²) >= 11 is 0. The molecule has 2 aliphatic carbocycles. The maximum absolute atomic E-state index is 10.9. The molecule has 0 spiro atoms. The Morgan fingerprint density at radius 2 is 1.77 bits per heavy atom. The Morgan fingerprint density at radius 1 is 1.00 bits per heavy atom. The summed E-state index contributed by atoms with van der Waals surface area (Å²) in [4.78, 5) is 10.9. The van der Waals surface area contributed by atoms with E-state index < -0.39 is 5.97 Å². The summed E-state index contributed by atoms with van der Waals surface area (Å²) in [6.07, 6.45) is 6.52. The summed E-state index contributed by atoms with van der Waals surface area (Å²) in [7, 11) is 0. The van der Waals surface area contributed by atoms with Gasteiger partial charge >= 0.3 is 5.97 Å². The van der Waals surface area contributed by atoms with Crippen LogP contribution in [0.5, 0.6) is 5.75 Å². The van der Waals surface area contributed by atoms with Gasteiger partial charge in [-0.15, -0.1) is 0 Å². The topological polar surface area (TPSA) is 46.5 Å². The molecular weight excluding hydrogens is 324 g/mol. The van der Waals surface area contributed by atoms with Crippen LogP contribution in [0.2, 0.25) is 0 Å². The lowest BCUT2D eigenvalue weighted by Gasteiger charge is -2.14. The second-order valence-corrected chi connectivity index (χ2v) is 7.78. The molecule has 0 radical (unpaired) electrons. The zero-order valence-corrected chi connectivity index (χ0v) is 15.0. The van der Waals surface area contributed by atoms with Crippen LogP contribution < -0.4 is 4.74 Å². The van der Waals surface area contributed by atoms with Gasteiger partial charge in [0.1, 0.15) is 5.75 Å². The molecule has 136 valence electrons. The second-order valence-electron chi connectivity index (χ2n) is 7.78. The van der Waals surface area contributed by atoms with Crippen LogP contribution in [0.4, 0.5) is 0 Å². The van der Waals surface area contributed by atoms with E-state index in [0.29, 0.717) is 17.9 Å². The van der Waals surface area contributed by atoms with Crippen LogP contribution in [-0.4, -0.2) is 17.2 Å². The van der Waals surface area contributed by atoms with Crippen LogP contribution in [0, 0.1) is 11.8 Å². The Bertz CT molecular complexity index is 738. The van der Waals surface area contributed by atoms with Gasteiger partial charge in [0.15, 0.2) is 0 Å². The number of rotatable bonds is 7. The molecule has 2 fully saturated rings. The molecule has 2 aromatic carbocycles. The average molecular weight is 350 g/mol. The summed E-state index contributed by atoms with van der Waals surface area (Å²) in [6, 6.07) is 19.0. The first kappa shape index (κ1) is 17.1. The Morgan fingerprint density at radius 3 is 2.46 bits per heavy atom. The Kier molecular flexibility index (Phi) is 4.96. The number of benzene rings is 2. The highest BCUT2D eigenvalue weighted by molar-refractivity contribution is 5.73. The number of aliphatic carboxylic acids is 1. The molecule has 0 heterocycles. The molecule has 4 rings (SSSR count). The van der Waals surface area contributed by atoms with Gasteiger partial charge in [-0.25, -0.2) is 0 Å². The maximum Gasteiger partial charge on any atom is 0.306 e. The molecule has 2 aromatic rings. The number of carbonyl (C=O) groups is 1. The fourth-order valence-corrected chi connectivity index (χ4v) is 4.22. The Balaban J connectivity index is 1.27. The maximum atomic E-state index is 10.9. The molecular formula is C23H26O3. The third kappa shape index (κ3) is 4.09. The zero-order chi connectivity index (χ0) is 17.9. The van der Waals surface area contributed by atoms with Crippen molar-refractivity contribution in [2.75, 3.05) is 0 Å². The molecule has 0 bridgehead atoms. The largest absolute Gasteiger partial charge is 0.490 e. The van der Waals surface area contributed by atoms with E-state index in [0.717, 1.165) is 37.9 Å². The number of ether oxygens (including phenoxy) is 1. The van der Waals surface area contributed by atoms with Crippen molar-refractivity contribution in [3.05, 3.63) is 65.7 Å². The Hall–Kier alpha value is -2.29. The van der Waals surface area contributed by atoms with Crippen molar-refractivity contribution in [3.8, 4) is 5.75 Å². The standard InChI is InChI=1S/C23H26O3/c24-23(25)22-15-19(22)11-8-16-6-9-17(10-7-16)18-12-13-21(14-18)26-20-4-2-1-3-5-20/h1-7,9-10,18-19,21-22H,8,11-15H2,(H,24,25)/t18?,19-,21-,22-/m0/s1. The molecule has 1 unspecified atom stereocenters. The lowest BCUT2D eigenvalue weighted by molar-refractivity contribution is -0.138. The highest BCUT2D eigenvalue weighted by Gasteiger charge is 2.42. The van der Waals surface area contributed by atoms with Crippen molar-refractivity contribution >= 4 is 5.97 Å². The van der Waals surface area contributed by atoms with Gasteiger partial charge in [-0.05, 0) is 73.6 Å². The summed E-state index contributed by atoms with van der Waals surface area (Å²) in [5.74, 6) is 1.22. The smallest absolute Gasteiger partial charge is 0.306 e. The number of carboxylic acids is 1. The number of hydrogen-bond donors (Lipinski definition) is 1. The predicted molar refractivity (Wildman–Crippen MR) is 101 cm³/mol. The van der Waals surface area contributed by atoms with Gasteiger partial charge in [-0.2, -0.15) is 0 Å². The van der Waals surface area contributed by atoms with Gasteiger partial charge in [0.2, 0.25) is 0 Å². The van der Waals surface area contributed by atoms with Crippen molar-refractivity contribution in [2.45, 2.75) is 50.5 Å². The minimum absolute atomic E-state index is 0.0886. The second kappa shape index (κ2) is 7.53. The van der Waals surface area contributed by atoms with Gasteiger partial charge in [0.05, 0.1) is 12.0 Å². The van der Waals surface area contributed by atoms with Gasteiger partial charge in [-0.3, -0.25) is 4.79 Å². The summed E-state index contributed by atoms with van der Waals surface area (Å²) in [6.45, 7) is 0. The summed E-state index contributed by atoms with van der Waals surface area (Å²) in [5, 5.41) is 8.98. The monoisotopic (exact) mass is 350 g/mol. The number of hydrogen-bond acceptors (Lipinski definition) is 2. The van der Waals surface area contributed by atoms with Crippen molar-refractivity contribution in [1.82, 2.24) is 0 Å². The molecule has 2 aliphatic rings. The summed E-state index contributed by atoms with van der Waals surface area (Å²) in [5.41, 5.74) is 2.72. The zero-order valence-electron chi connectivity index (χ0n) is 15.0. The number of para-hydroxylation sites is 1. The highest BCUT2D eigenvalue weighted by Crippen LogP contribution is 2.42. The van der Waals surface area contributed by atoms with Gasteiger partial charge in [0.25, 0.3) is 0 Å². The first-order valence-electron chi connectivity index (χ1n) is 9.72. The minimum atomic E-state index is -0.626. The van der Waals surface area contributed by atoms with Gasteiger partial charge in [-0.1, -0.05) is 42.5 Å². The molecule has 0 amide bonds. The first-order valence-corrected chi connectivity index (χ1v) is 9.72. The normalized spacial score (nSPS) is 27.2. The molecule has 0 aliphatic heterocycles. The third-order valence-corrected chi connectivity index (χ3v) is 5.93. The van der Waals surface area contributed by atoms with E-state index in [2.05, 4.69) is 24.3 Å². The van der Waals surface area contributed by atoms with Gasteiger partial charge in [0, 0.05) is 0 Å². The van der Waals surface area contributed by atoms with E-state index in [-0.39, 0.29) is 5.92 Å². The van der Waals surface area contributed by atoms with Crippen LogP contribution in [0.3, 0.4) is 0 Å². The SMILES string of the molecule is O=C(O)[C@H]1C[C@@H]1CCc1ccc(C2CC[C@H](Oc3ccccc3)C2)cc1.